The van der Waals surface area contributed by atoms with Gasteiger partial charge in [-0.25, -0.2) is 4.68 Å². The molecule has 0 saturated carbocycles. The van der Waals surface area contributed by atoms with Crippen LogP contribution in [0.3, 0.4) is 0 Å². The lowest BCUT2D eigenvalue weighted by atomic mass is 10.2. The van der Waals surface area contributed by atoms with Gasteiger partial charge in [-0.2, -0.15) is 5.10 Å². The largest absolute Gasteiger partial charge is 0.288 e. The Labute approximate surface area is 145 Å². The molecular formula is C22H16N2O. The van der Waals surface area contributed by atoms with Crippen LogP contribution in [-0.4, -0.2) is 9.78 Å². The van der Waals surface area contributed by atoms with E-state index in [1.54, 1.807) is 16.8 Å². The molecule has 120 valence electrons. The van der Waals surface area contributed by atoms with Crippen LogP contribution in [0.25, 0.3) is 28.7 Å². The minimum absolute atomic E-state index is 0.0456. The van der Waals surface area contributed by atoms with Gasteiger partial charge in [0.2, 0.25) is 5.43 Å². The van der Waals surface area contributed by atoms with Crippen molar-refractivity contribution in [2.45, 2.75) is 0 Å². The Bertz CT molecular complexity index is 1100. The highest BCUT2D eigenvalue weighted by molar-refractivity contribution is 5.90. The van der Waals surface area contributed by atoms with Crippen LogP contribution in [0.15, 0.2) is 89.7 Å². The van der Waals surface area contributed by atoms with Crippen molar-refractivity contribution in [3.8, 4) is 5.69 Å². The lowest BCUT2D eigenvalue weighted by Gasteiger charge is -2.00. The van der Waals surface area contributed by atoms with E-state index >= 15 is 0 Å². The second-order valence-electron chi connectivity index (χ2n) is 5.72. The molecule has 0 bridgehead atoms. The number of aromatic nitrogens is 2. The fourth-order valence-electron chi connectivity index (χ4n) is 2.84. The fraction of sp³-hybridized carbons (Fsp3) is 0. The van der Waals surface area contributed by atoms with Crippen molar-refractivity contribution in [2.75, 3.05) is 0 Å². The molecule has 0 aliphatic rings. The van der Waals surface area contributed by atoms with E-state index in [0.717, 1.165) is 22.3 Å². The van der Waals surface area contributed by atoms with Crippen LogP contribution in [0.4, 0.5) is 0 Å². The number of para-hydroxylation sites is 1. The standard InChI is InChI=1S/C22H16N2O/c25-21-14-8-7-13-19-20(16-15-17-9-3-1-4-10-17)23-24(22(19)21)18-11-5-2-6-12-18/h1-16H/b16-15+. The normalized spacial score (nSPS) is 11.2. The number of fused-ring (bicyclic) bond motifs is 1. The molecule has 0 amide bonds. The van der Waals surface area contributed by atoms with E-state index in [1.807, 2.05) is 84.9 Å². The number of nitrogens with zero attached hydrogens (tertiary/aromatic N) is 2. The number of hydrogen-bond acceptors (Lipinski definition) is 2. The molecule has 3 aromatic carbocycles. The second kappa shape index (κ2) is 6.57. The Balaban J connectivity index is 1.94. The van der Waals surface area contributed by atoms with Crippen LogP contribution in [0, 0.1) is 0 Å². The smallest absolute Gasteiger partial charge is 0.204 e. The van der Waals surface area contributed by atoms with Crippen molar-refractivity contribution < 1.29 is 0 Å². The molecule has 0 spiro atoms. The SMILES string of the molecule is O=c1ccccc2c(/C=C/c3ccccc3)nn(-c3ccccc3)c12. The summed E-state index contributed by atoms with van der Waals surface area (Å²) < 4.78 is 1.72. The van der Waals surface area contributed by atoms with Gasteiger partial charge in [0.1, 0.15) is 5.52 Å². The van der Waals surface area contributed by atoms with E-state index in [-0.39, 0.29) is 5.43 Å². The second-order valence-corrected chi connectivity index (χ2v) is 5.72. The summed E-state index contributed by atoms with van der Waals surface area (Å²) in [5.74, 6) is 0. The van der Waals surface area contributed by atoms with E-state index in [1.165, 1.54) is 0 Å². The van der Waals surface area contributed by atoms with Crippen molar-refractivity contribution >= 4 is 23.1 Å². The van der Waals surface area contributed by atoms with E-state index in [9.17, 15) is 4.79 Å². The first-order chi connectivity index (χ1) is 12.3. The molecule has 0 saturated heterocycles. The average Bonchev–Trinajstić information content (AvgIpc) is 2.92. The summed E-state index contributed by atoms with van der Waals surface area (Å²) in [4.78, 5) is 12.6. The quantitative estimate of drug-likeness (QED) is 0.554. The molecule has 0 fully saturated rings. The molecule has 25 heavy (non-hydrogen) atoms. The maximum absolute atomic E-state index is 12.6. The molecule has 0 atom stereocenters. The van der Waals surface area contributed by atoms with Gasteiger partial charge in [0, 0.05) is 5.39 Å². The van der Waals surface area contributed by atoms with Crippen LogP contribution >= 0.6 is 0 Å². The van der Waals surface area contributed by atoms with Crippen LogP contribution < -0.4 is 5.43 Å². The van der Waals surface area contributed by atoms with Gasteiger partial charge in [-0.05, 0) is 29.8 Å². The number of hydrogen-bond donors (Lipinski definition) is 0. The van der Waals surface area contributed by atoms with E-state index in [2.05, 4.69) is 0 Å². The van der Waals surface area contributed by atoms with Gasteiger partial charge in [0.05, 0.1) is 11.4 Å². The Kier molecular flexibility index (Phi) is 3.97. The van der Waals surface area contributed by atoms with Gasteiger partial charge in [-0.15, -0.1) is 0 Å². The predicted octanol–water partition coefficient (Wildman–Crippen LogP) is 4.56. The Morgan fingerprint density at radius 2 is 1.36 bits per heavy atom. The average molecular weight is 324 g/mol. The summed E-state index contributed by atoms with van der Waals surface area (Å²) in [7, 11) is 0. The minimum atomic E-state index is -0.0456. The first kappa shape index (κ1) is 15.1. The summed E-state index contributed by atoms with van der Waals surface area (Å²) in [5, 5.41) is 5.53. The molecule has 0 N–H and O–H groups in total. The third kappa shape index (κ3) is 3.00. The van der Waals surface area contributed by atoms with Crippen molar-refractivity contribution in [1.82, 2.24) is 9.78 Å². The van der Waals surface area contributed by atoms with Gasteiger partial charge in [0.25, 0.3) is 0 Å². The summed E-state index contributed by atoms with van der Waals surface area (Å²) >= 11 is 0. The van der Waals surface area contributed by atoms with Crippen LogP contribution in [0.5, 0.6) is 0 Å². The monoisotopic (exact) mass is 324 g/mol. The lowest BCUT2D eigenvalue weighted by Crippen LogP contribution is -2.04. The molecule has 1 heterocycles. The van der Waals surface area contributed by atoms with Crippen LogP contribution in [-0.2, 0) is 0 Å². The van der Waals surface area contributed by atoms with E-state index in [0.29, 0.717) is 5.52 Å². The zero-order valence-electron chi connectivity index (χ0n) is 13.5. The third-order valence-electron chi connectivity index (χ3n) is 4.04. The summed E-state index contributed by atoms with van der Waals surface area (Å²) in [6.45, 7) is 0. The Morgan fingerprint density at radius 1 is 0.720 bits per heavy atom. The highest BCUT2D eigenvalue weighted by atomic mass is 16.1. The molecule has 0 aliphatic heterocycles. The Hall–Kier alpha value is -3.46. The topological polar surface area (TPSA) is 34.9 Å². The predicted molar refractivity (Wildman–Crippen MR) is 103 cm³/mol. The van der Waals surface area contributed by atoms with Gasteiger partial charge in [0.15, 0.2) is 0 Å². The van der Waals surface area contributed by atoms with Gasteiger partial charge in [-0.1, -0.05) is 72.8 Å². The van der Waals surface area contributed by atoms with Crippen molar-refractivity contribution in [3.63, 3.8) is 0 Å². The fourth-order valence-corrected chi connectivity index (χ4v) is 2.84. The maximum Gasteiger partial charge on any atom is 0.204 e. The summed E-state index contributed by atoms with van der Waals surface area (Å²) in [5.41, 5.74) is 3.28. The van der Waals surface area contributed by atoms with E-state index in [4.69, 9.17) is 5.10 Å². The maximum atomic E-state index is 12.6. The molecule has 3 heteroatoms. The van der Waals surface area contributed by atoms with Gasteiger partial charge < -0.3 is 0 Å². The highest BCUT2D eigenvalue weighted by Crippen LogP contribution is 2.21. The molecule has 4 rings (SSSR count). The van der Waals surface area contributed by atoms with Crippen LogP contribution in [0.1, 0.15) is 11.3 Å². The molecule has 4 aromatic rings. The summed E-state index contributed by atoms with van der Waals surface area (Å²) in [6.07, 6.45) is 3.96. The molecule has 0 unspecified atom stereocenters. The molecule has 0 radical (unpaired) electrons. The van der Waals surface area contributed by atoms with Gasteiger partial charge in [-0.3, -0.25) is 4.79 Å². The van der Waals surface area contributed by atoms with E-state index < -0.39 is 0 Å². The number of benzene rings is 2. The molecule has 1 aromatic heterocycles. The third-order valence-corrected chi connectivity index (χ3v) is 4.04. The first-order valence-corrected chi connectivity index (χ1v) is 8.13. The van der Waals surface area contributed by atoms with Crippen molar-refractivity contribution in [3.05, 3.63) is 106 Å². The summed E-state index contributed by atoms with van der Waals surface area (Å²) in [6, 6.07) is 26.9. The van der Waals surface area contributed by atoms with Gasteiger partial charge >= 0.3 is 0 Å². The van der Waals surface area contributed by atoms with Crippen LogP contribution in [0.2, 0.25) is 0 Å². The van der Waals surface area contributed by atoms with Crippen molar-refractivity contribution in [1.29, 1.82) is 0 Å². The zero-order chi connectivity index (χ0) is 17.1. The van der Waals surface area contributed by atoms with Crippen molar-refractivity contribution in [2.24, 2.45) is 0 Å². The zero-order valence-corrected chi connectivity index (χ0v) is 13.5. The molecule has 3 nitrogen and oxygen atoms in total. The Morgan fingerprint density at radius 3 is 2.12 bits per heavy atom. The highest BCUT2D eigenvalue weighted by Gasteiger charge is 2.11. The number of rotatable bonds is 3. The molecule has 0 aliphatic carbocycles. The lowest BCUT2D eigenvalue weighted by molar-refractivity contribution is 0.902. The minimum Gasteiger partial charge on any atom is -0.288 e. The first-order valence-electron chi connectivity index (χ1n) is 8.13. The molecular weight excluding hydrogens is 308 g/mol.